The SMILES string of the molecule is O=C(CN1CCCc2ccccc21)NN=C1CCOc2ccccc21. The number of rotatable bonds is 3. The van der Waals surface area contributed by atoms with Gasteiger partial charge in [0.2, 0.25) is 0 Å². The summed E-state index contributed by atoms with van der Waals surface area (Å²) < 4.78 is 5.62. The molecule has 0 radical (unpaired) electrons. The lowest BCUT2D eigenvalue weighted by Crippen LogP contribution is -2.38. The minimum Gasteiger partial charge on any atom is -0.492 e. The lowest BCUT2D eigenvalue weighted by Gasteiger charge is -2.30. The number of hydrazone groups is 1. The molecule has 2 aromatic rings. The topological polar surface area (TPSA) is 53.9 Å². The van der Waals surface area contributed by atoms with Gasteiger partial charge in [0, 0.05) is 24.2 Å². The van der Waals surface area contributed by atoms with E-state index in [-0.39, 0.29) is 5.91 Å². The summed E-state index contributed by atoms with van der Waals surface area (Å²) in [6.45, 7) is 1.81. The number of hydrogen-bond acceptors (Lipinski definition) is 4. The molecule has 0 bridgehead atoms. The summed E-state index contributed by atoms with van der Waals surface area (Å²) >= 11 is 0. The first-order chi connectivity index (χ1) is 12.3. The molecule has 0 atom stereocenters. The molecule has 0 spiro atoms. The highest BCUT2D eigenvalue weighted by molar-refractivity contribution is 6.04. The molecule has 0 aliphatic carbocycles. The predicted octanol–water partition coefficient (Wildman–Crippen LogP) is 2.74. The second-order valence-electron chi connectivity index (χ2n) is 6.34. The molecule has 2 heterocycles. The van der Waals surface area contributed by atoms with E-state index in [1.807, 2.05) is 30.3 Å². The van der Waals surface area contributed by atoms with Gasteiger partial charge in [0.25, 0.3) is 5.91 Å². The molecule has 0 saturated heterocycles. The average Bonchev–Trinajstić information content (AvgIpc) is 2.66. The van der Waals surface area contributed by atoms with Crippen LogP contribution in [0.3, 0.4) is 0 Å². The molecule has 5 heteroatoms. The normalized spacial score (nSPS) is 17.4. The number of aryl methyl sites for hydroxylation is 1. The molecule has 1 amide bonds. The summed E-state index contributed by atoms with van der Waals surface area (Å²) in [5.74, 6) is 0.736. The molecule has 0 fully saturated rings. The number of carbonyl (C=O) groups excluding carboxylic acids is 1. The van der Waals surface area contributed by atoms with E-state index in [1.165, 1.54) is 5.56 Å². The van der Waals surface area contributed by atoms with Gasteiger partial charge in [0.05, 0.1) is 18.9 Å². The lowest BCUT2D eigenvalue weighted by atomic mass is 10.0. The number of amides is 1. The van der Waals surface area contributed by atoms with Gasteiger partial charge in [-0.15, -0.1) is 0 Å². The van der Waals surface area contributed by atoms with Crippen LogP contribution in [0.5, 0.6) is 5.75 Å². The Labute approximate surface area is 147 Å². The van der Waals surface area contributed by atoms with Gasteiger partial charge in [-0.1, -0.05) is 30.3 Å². The van der Waals surface area contributed by atoms with Crippen molar-refractivity contribution in [2.24, 2.45) is 5.10 Å². The Bertz CT molecular complexity index is 816. The summed E-state index contributed by atoms with van der Waals surface area (Å²) in [4.78, 5) is 14.5. The molecule has 128 valence electrons. The van der Waals surface area contributed by atoms with Crippen molar-refractivity contribution in [3.05, 3.63) is 59.7 Å². The lowest BCUT2D eigenvalue weighted by molar-refractivity contribution is -0.119. The Morgan fingerprint density at radius 3 is 2.92 bits per heavy atom. The predicted molar refractivity (Wildman–Crippen MR) is 98.2 cm³/mol. The minimum absolute atomic E-state index is 0.0897. The monoisotopic (exact) mass is 335 g/mol. The number of benzene rings is 2. The van der Waals surface area contributed by atoms with E-state index in [0.717, 1.165) is 42.1 Å². The van der Waals surface area contributed by atoms with Crippen molar-refractivity contribution < 1.29 is 9.53 Å². The summed E-state index contributed by atoms with van der Waals surface area (Å²) in [6, 6.07) is 16.1. The highest BCUT2D eigenvalue weighted by atomic mass is 16.5. The zero-order chi connectivity index (χ0) is 17.1. The van der Waals surface area contributed by atoms with Crippen molar-refractivity contribution in [3.63, 3.8) is 0 Å². The molecule has 5 nitrogen and oxygen atoms in total. The van der Waals surface area contributed by atoms with Crippen LogP contribution in [0.15, 0.2) is 53.6 Å². The van der Waals surface area contributed by atoms with Crippen LogP contribution in [-0.4, -0.2) is 31.3 Å². The van der Waals surface area contributed by atoms with E-state index in [2.05, 4.69) is 33.6 Å². The summed E-state index contributed by atoms with van der Waals surface area (Å²) in [6.07, 6.45) is 2.85. The second kappa shape index (κ2) is 6.97. The Morgan fingerprint density at radius 1 is 1.12 bits per heavy atom. The molecule has 4 rings (SSSR count). The summed E-state index contributed by atoms with van der Waals surface area (Å²) in [7, 11) is 0. The van der Waals surface area contributed by atoms with E-state index in [4.69, 9.17) is 4.74 Å². The fourth-order valence-corrected chi connectivity index (χ4v) is 3.45. The van der Waals surface area contributed by atoms with Gasteiger partial charge in [0.1, 0.15) is 5.75 Å². The Balaban J connectivity index is 1.44. The zero-order valence-electron chi connectivity index (χ0n) is 14.1. The fraction of sp³-hybridized carbons (Fsp3) is 0.300. The Kier molecular flexibility index (Phi) is 4.37. The average molecular weight is 335 g/mol. The van der Waals surface area contributed by atoms with Gasteiger partial charge in [-0.25, -0.2) is 5.43 Å². The van der Waals surface area contributed by atoms with Gasteiger partial charge in [-0.05, 0) is 36.6 Å². The van der Waals surface area contributed by atoms with E-state index >= 15 is 0 Å². The number of para-hydroxylation sites is 2. The van der Waals surface area contributed by atoms with Crippen molar-refractivity contribution in [3.8, 4) is 5.75 Å². The van der Waals surface area contributed by atoms with Crippen LogP contribution in [0.1, 0.15) is 24.0 Å². The van der Waals surface area contributed by atoms with Crippen LogP contribution >= 0.6 is 0 Å². The van der Waals surface area contributed by atoms with Gasteiger partial charge in [0.15, 0.2) is 0 Å². The van der Waals surface area contributed by atoms with Crippen molar-refractivity contribution in [2.75, 3.05) is 24.6 Å². The van der Waals surface area contributed by atoms with Crippen molar-refractivity contribution in [2.45, 2.75) is 19.3 Å². The third-order valence-electron chi connectivity index (χ3n) is 4.65. The van der Waals surface area contributed by atoms with Gasteiger partial charge >= 0.3 is 0 Å². The second-order valence-corrected chi connectivity index (χ2v) is 6.34. The van der Waals surface area contributed by atoms with Crippen LogP contribution in [0.25, 0.3) is 0 Å². The molecule has 2 aliphatic rings. The van der Waals surface area contributed by atoms with E-state index in [1.54, 1.807) is 0 Å². The molecule has 0 aromatic heterocycles. The first-order valence-corrected chi connectivity index (χ1v) is 8.72. The van der Waals surface area contributed by atoms with Gasteiger partial charge in [-0.2, -0.15) is 5.10 Å². The van der Waals surface area contributed by atoms with Crippen LogP contribution in [0.4, 0.5) is 5.69 Å². The third-order valence-corrected chi connectivity index (χ3v) is 4.65. The Hall–Kier alpha value is -2.82. The zero-order valence-corrected chi connectivity index (χ0v) is 14.1. The molecule has 2 aliphatic heterocycles. The first kappa shape index (κ1) is 15.7. The number of anilines is 1. The third kappa shape index (κ3) is 3.36. The van der Waals surface area contributed by atoms with E-state index in [9.17, 15) is 4.79 Å². The van der Waals surface area contributed by atoms with Crippen molar-refractivity contribution >= 4 is 17.3 Å². The smallest absolute Gasteiger partial charge is 0.259 e. The Morgan fingerprint density at radius 2 is 1.96 bits per heavy atom. The summed E-state index contributed by atoms with van der Waals surface area (Å²) in [5, 5.41) is 4.36. The highest BCUT2D eigenvalue weighted by Crippen LogP contribution is 2.26. The standard InChI is InChI=1S/C20H21N3O2/c24-20(14-23-12-5-7-15-6-1-3-9-18(15)23)22-21-17-11-13-25-19-10-4-2-8-16(17)19/h1-4,6,8-10H,5,7,11-14H2,(H,22,24). The number of carbonyl (C=O) groups is 1. The maximum Gasteiger partial charge on any atom is 0.259 e. The molecule has 0 unspecified atom stereocenters. The van der Waals surface area contributed by atoms with E-state index < -0.39 is 0 Å². The molecular formula is C20H21N3O2. The van der Waals surface area contributed by atoms with Crippen LogP contribution < -0.4 is 15.1 Å². The van der Waals surface area contributed by atoms with Gasteiger partial charge in [-0.3, -0.25) is 4.79 Å². The van der Waals surface area contributed by atoms with Crippen LogP contribution in [0.2, 0.25) is 0 Å². The maximum atomic E-state index is 12.4. The number of hydrogen-bond donors (Lipinski definition) is 1. The van der Waals surface area contributed by atoms with Gasteiger partial charge < -0.3 is 9.64 Å². The largest absolute Gasteiger partial charge is 0.492 e. The first-order valence-electron chi connectivity index (χ1n) is 8.72. The van der Waals surface area contributed by atoms with Crippen molar-refractivity contribution in [1.29, 1.82) is 0 Å². The molecule has 0 saturated carbocycles. The number of nitrogens with zero attached hydrogens (tertiary/aromatic N) is 2. The highest BCUT2D eigenvalue weighted by Gasteiger charge is 2.19. The van der Waals surface area contributed by atoms with Crippen LogP contribution in [0, 0.1) is 0 Å². The number of nitrogens with one attached hydrogen (secondary N) is 1. The van der Waals surface area contributed by atoms with Crippen LogP contribution in [-0.2, 0) is 11.2 Å². The minimum atomic E-state index is -0.0897. The summed E-state index contributed by atoms with van der Waals surface area (Å²) in [5.41, 5.74) is 7.02. The molecular weight excluding hydrogens is 314 g/mol. The number of ether oxygens (including phenoxy) is 1. The molecule has 1 N–H and O–H groups in total. The maximum absolute atomic E-state index is 12.4. The van der Waals surface area contributed by atoms with Crippen molar-refractivity contribution in [1.82, 2.24) is 5.43 Å². The molecule has 25 heavy (non-hydrogen) atoms. The molecule has 2 aromatic carbocycles. The quantitative estimate of drug-likeness (QED) is 0.878. The van der Waals surface area contributed by atoms with E-state index in [0.29, 0.717) is 19.6 Å². The number of fused-ring (bicyclic) bond motifs is 2. The fourth-order valence-electron chi connectivity index (χ4n) is 3.45.